The summed E-state index contributed by atoms with van der Waals surface area (Å²) >= 11 is 5.53. The van der Waals surface area contributed by atoms with E-state index in [4.69, 9.17) is 12.2 Å². The van der Waals surface area contributed by atoms with E-state index in [0.29, 0.717) is 11.7 Å². The number of pyridine rings is 1. The van der Waals surface area contributed by atoms with E-state index < -0.39 is 0 Å². The van der Waals surface area contributed by atoms with E-state index >= 15 is 0 Å². The summed E-state index contributed by atoms with van der Waals surface area (Å²) in [5, 5.41) is 13.5. The molecule has 7 heteroatoms. The van der Waals surface area contributed by atoms with Crippen LogP contribution in [0.3, 0.4) is 0 Å². The molecule has 0 amide bonds. The predicted octanol–water partition coefficient (Wildman–Crippen LogP) is 2.98. The smallest absolute Gasteiger partial charge is 0.170 e. The molecular weight excluding hydrogens is 363 g/mol. The number of rotatable bonds is 5. The first kappa shape index (κ1) is 17.6. The summed E-state index contributed by atoms with van der Waals surface area (Å²) in [5.41, 5.74) is 2.72. The Bertz CT molecular complexity index is 929. The van der Waals surface area contributed by atoms with Crippen molar-refractivity contribution in [3.05, 3.63) is 84.2 Å². The van der Waals surface area contributed by atoms with Gasteiger partial charge in [-0.25, -0.2) is 4.39 Å². The summed E-state index contributed by atoms with van der Waals surface area (Å²) in [6.07, 6.45) is 3.70. The molecule has 3 heterocycles. The van der Waals surface area contributed by atoms with Crippen molar-refractivity contribution in [2.45, 2.75) is 12.1 Å². The van der Waals surface area contributed by atoms with Gasteiger partial charge in [-0.05, 0) is 60.7 Å². The van der Waals surface area contributed by atoms with Gasteiger partial charge >= 0.3 is 0 Å². The van der Waals surface area contributed by atoms with Crippen LogP contribution >= 0.6 is 12.2 Å². The lowest BCUT2D eigenvalue weighted by atomic mass is 10.0. The van der Waals surface area contributed by atoms with Crippen molar-refractivity contribution in [1.29, 1.82) is 0 Å². The van der Waals surface area contributed by atoms with Gasteiger partial charge in [0.25, 0.3) is 0 Å². The number of hydrogen-bond acceptors (Lipinski definition) is 3. The van der Waals surface area contributed by atoms with Crippen molar-refractivity contribution in [2.75, 3.05) is 13.2 Å². The average Bonchev–Trinajstić information content (AvgIpc) is 3.28. The Labute approximate surface area is 162 Å². The highest BCUT2D eigenvalue weighted by atomic mass is 32.1. The minimum Gasteiger partial charge on any atom is -0.395 e. The normalized spacial score (nSPS) is 19.3. The number of hydrogen-bond donors (Lipinski definition) is 2. The van der Waals surface area contributed by atoms with Crippen LogP contribution in [0.5, 0.6) is 0 Å². The maximum atomic E-state index is 13.3. The molecule has 1 aliphatic heterocycles. The van der Waals surface area contributed by atoms with Gasteiger partial charge in [0.2, 0.25) is 0 Å². The van der Waals surface area contributed by atoms with E-state index in [1.807, 2.05) is 46.0 Å². The van der Waals surface area contributed by atoms with Crippen LogP contribution in [0, 0.1) is 5.82 Å². The van der Waals surface area contributed by atoms with E-state index in [9.17, 15) is 9.50 Å². The van der Waals surface area contributed by atoms with Crippen LogP contribution in [0.25, 0.3) is 5.69 Å². The molecule has 0 aliphatic carbocycles. The number of benzene rings is 1. The maximum absolute atomic E-state index is 13.3. The van der Waals surface area contributed by atoms with Crippen LogP contribution in [-0.4, -0.2) is 37.8 Å². The largest absolute Gasteiger partial charge is 0.395 e. The second-order valence-electron chi connectivity index (χ2n) is 6.32. The van der Waals surface area contributed by atoms with Crippen molar-refractivity contribution in [3.63, 3.8) is 0 Å². The van der Waals surface area contributed by atoms with Gasteiger partial charge in [-0.3, -0.25) is 4.98 Å². The number of β-amino-alcohol motifs (C(OH)–C–C–N with tert-alkyl or cyclic N) is 1. The molecule has 2 aromatic heterocycles. The topological polar surface area (TPSA) is 53.3 Å². The number of nitrogens with one attached hydrogen (secondary N) is 1. The highest BCUT2D eigenvalue weighted by Crippen LogP contribution is 2.39. The van der Waals surface area contributed by atoms with E-state index in [1.165, 1.54) is 12.1 Å². The Morgan fingerprint density at radius 1 is 1.11 bits per heavy atom. The number of aliphatic hydroxyl groups excluding tert-OH is 1. The molecule has 5 nitrogen and oxygen atoms in total. The van der Waals surface area contributed by atoms with Crippen molar-refractivity contribution >= 4 is 17.3 Å². The van der Waals surface area contributed by atoms with Gasteiger partial charge in [-0.15, -0.1) is 0 Å². The maximum Gasteiger partial charge on any atom is 0.170 e. The molecule has 0 bridgehead atoms. The summed E-state index contributed by atoms with van der Waals surface area (Å²) in [6.45, 7) is 0.402. The molecule has 1 aromatic carbocycles. The third-order valence-corrected chi connectivity index (χ3v) is 5.08. The number of aromatic nitrogens is 2. The molecule has 2 atom stereocenters. The average molecular weight is 382 g/mol. The summed E-state index contributed by atoms with van der Waals surface area (Å²) in [7, 11) is 0. The Kier molecular flexibility index (Phi) is 4.87. The fourth-order valence-corrected chi connectivity index (χ4v) is 3.88. The van der Waals surface area contributed by atoms with E-state index in [2.05, 4.69) is 10.3 Å². The number of thiocarbonyl (C=S) groups is 1. The lowest BCUT2D eigenvalue weighted by Gasteiger charge is -2.28. The Morgan fingerprint density at radius 3 is 2.63 bits per heavy atom. The number of aliphatic hydroxyl groups is 1. The summed E-state index contributed by atoms with van der Waals surface area (Å²) < 4.78 is 15.4. The van der Waals surface area contributed by atoms with E-state index in [0.717, 1.165) is 17.1 Å². The lowest BCUT2D eigenvalue weighted by molar-refractivity contribution is 0.220. The van der Waals surface area contributed by atoms with Crippen molar-refractivity contribution in [2.24, 2.45) is 0 Å². The summed E-state index contributed by atoms with van der Waals surface area (Å²) in [5.74, 6) is -0.274. The SMILES string of the molecule is OCCN1C(=S)NC(c2ccccn2)C1c1cccn1-c1ccc(F)cc1. The number of nitrogens with zero attached hydrogens (tertiary/aromatic N) is 3. The van der Waals surface area contributed by atoms with Crippen molar-refractivity contribution < 1.29 is 9.50 Å². The second kappa shape index (κ2) is 7.46. The molecule has 4 rings (SSSR count). The van der Waals surface area contributed by atoms with Gasteiger partial charge in [0.15, 0.2) is 5.11 Å². The highest BCUT2D eigenvalue weighted by Gasteiger charge is 2.40. The first-order chi connectivity index (χ1) is 13.2. The van der Waals surface area contributed by atoms with Gasteiger partial charge in [-0.1, -0.05) is 6.07 Å². The number of halogens is 1. The first-order valence-electron chi connectivity index (χ1n) is 8.71. The Morgan fingerprint density at radius 2 is 1.93 bits per heavy atom. The Balaban J connectivity index is 1.80. The van der Waals surface area contributed by atoms with E-state index in [1.54, 1.807) is 18.3 Å². The second-order valence-corrected chi connectivity index (χ2v) is 6.71. The molecule has 2 unspecified atom stereocenters. The monoisotopic (exact) mass is 382 g/mol. The molecule has 0 saturated carbocycles. The zero-order chi connectivity index (χ0) is 18.8. The molecule has 138 valence electrons. The van der Waals surface area contributed by atoms with Crippen LogP contribution in [0.2, 0.25) is 0 Å². The van der Waals surface area contributed by atoms with Crippen LogP contribution < -0.4 is 5.32 Å². The van der Waals surface area contributed by atoms with E-state index in [-0.39, 0.29) is 24.5 Å². The minimum absolute atomic E-state index is 0.00941. The van der Waals surface area contributed by atoms with Crippen LogP contribution in [0.15, 0.2) is 67.0 Å². The van der Waals surface area contributed by atoms with Gasteiger partial charge < -0.3 is 19.9 Å². The van der Waals surface area contributed by atoms with Crippen LogP contribution in [0.4, 0.5) is 4.39 Å². The molecule has 1 saturated heterocycles. The van der Waals surface area contributed by atoms with Crippen molar-refractivity contribution in [1.82, 2.24) is 19.8 Å². The minimum atomic E-state index is -0.274. The van der Waals surface area contributed by atoms with Crippen LogP contribution in [-0.2, 0) is 0 Å². The van der Waals surface area contributed by atoms with Crippen LogP contribution in [0.1, 0.15) is 23.5 Å². The molecule has 2 N–H and O–H groups in total. The molecule has 1 fully saturated rings. The van der Waals surface area contributed by atoms with Crippen molar-refractivity contribution in [3.8, 4) is 5.69 Å². The Hall–Kier alpha value is -2.77. The molecule has 0 radical (unpaired) electrons. The predicted molar refractivity (Wildman–Crippen MR) is 105 cm³/mol. The van der Waals surface area contributed by atoms with Gasteiger partial charge in [0.1, 0.15) is 5.82 Å². The molecule has 1 aliphatic rings. The van der Waals surface area contributed by atoms with Gasteiger partial charge in [-0.2, -0.15) is 0 Å². The zero-order valence-electron chi connectivity index (χ0n) is 14.5. The van der Waals surface area contributed by atoms with Gasteiger partial charge in [0, 0.05) is 30.3 Å². The highest BCUT2D eigenvalue weighted by molar-refractivity contribution is 7.80. The molecule has 27 heavy (non-hydrogen) atoms. The third-order valence-electron chi connectivity index (χ3n) is 4.73. The first-order valence-corrected chi connectivity index (χ1v) is 9.12. The molecule has 0 spiro atoms. The zero-order valence-corrected chi connectivity index (χ0v) is 15.3. The summed E-state index contributed by atoms with van der Waals surface area (Å²) in [6, 6.07) is 15.8. The fourth-order valence-electron chi connectivity index (χ4n) is 3.55. The molecule has 3 aromatic rings. The third kappa shape index (κ3) is 3.31. The quantitative estimate of drug-likeness (QED) is 0.665. The van der Waals surface area contributed by atoms with Gasteiger partial charge in [0.05, 0.1) is 24.4 Å². The summed E-state index contributed by atoms with van der Waals surface area (Å²) in [4.78, 5) is 6.47. The lowest BCUT2D eigenvalue weighted by Crippen LogP contribution is -2.32. The fraction of sp³-hybridized carbons (Fsp3) is 0.200. The standard InChI is InChI=1S/C20H19FN4OS/c21-14-6-8-15(9-7-14)24-11-3-5-17(24)19-18(16-4-1-2-10-22-16)23-20(27)25(19)12-13-26/h1-11,18-19,26H,12-13H2,(H,23,27). The molecular formula is C20H19FN4OS.